The molecule has 1 amide bonds. The number of para-hydroxylation sites is 1. The summed E-state index contributed by atoms with van der Waals surface area (Å²) in [5.41, 5.74) is 4.68. The van der Waals surface area contributed by atoms with Gasteiger partial charge < -0.3 is 9.15 Å². The van der Waals surface area contributed by atoms with Gasteiger partial charge >= 0.3 is 0 Å². The third-order valence-electron chi connectivity index (χ3n) is 6.70. The second kappa shape index (κ2) is 10.8. The van der Waals surface area contributed by atoms with Crippen molar-refractivity contribution in [2.75, 3.05) is 12.4 Å². The molecule has 0 aliphatic carbocycles. The highest BCUT2D eigenvalue weighted by molar-refractivity contribution is 7.16. The van der Waals surface area contributed by atoms with Gasteiger partial charge in [0.1, 0.15) is 5.56 Å². The highest BCUT2D eigenvalue weighted by atomic mass is 32.1. The lowest BCUT2D eigenvalue weighted by Gasteiger charge is -2.08. The van der Waals surface area contributed by atoms with Crippen LogP contribution >= 0.6 is 11.3 Å². The van der Waals surface area contributed by atoms with Crippen molar-refractivity contribution in [3.05, 3.63) is 113 Å². The zero-order valence-corrected chi connectivity index (χ0v) is 23.2. The third-order valence-corrected chi connectivity index (χ3v) is 7.81. The van der Waals surface area contributed by atoms with E-state index in [-0.39, 0.29) is 11.5 Å². The fourth-order valence-corrected chi connectivity index (χ4v) is 5.64. The third kappa shape index (κ3) is 4.99. The molecule has 2 aromatic heterocycles. The quantitative estimate of drug-likeness (QED) is 0.230. The molecule has 40 heavy (non-hydrogen) atoms. The predicted molar refractivity (Wildman–Crippen MR) is 162 cm³/mol. The number of aromatic nitrogens is 1. The number of hydrogen-bond acceptors (Lipinski definition) is 6. The number of benzene rings is 4. The van der Waals surface area contributed by atoms with E-state index in [0.29, 0.717) is 27.7 Å². The lowest BCUT2D eigenvalue weighted by Crippen LogP contribution is -2.21. The van der Waals surface area contributed by atoms with Gasteiger partial charge in [-0.2, -0.15) is 0 Å². The van der Waals surface area contributed by atoms with Gasteiger partial charge in [0, 0.05) is 15.8 Å². The number of nitrogens with one attached hydrogen (secondary N) is 1. The summed E-state index contributed by atoms with van der Waals surface area (Å²) in [6.07, 6.45) is 0.800. The maximum absolute atomic E-state index is 13.7. The minimum Gasteiger partial charge on any atom is -0.493 e. The second-order valence-electron chi connectivity index (χ2n) is 9.46. The maximum atomic E-state index is 13.7. The number of carbonyl (C=O) groups excluding carboxylic acids is 1. The molecule has 4 aromatic carbocycles. The number of nitrogens with zero attached hydrogens (tertiary/aromatic N) is 2. The van der Waals surface area contributed by atoms with Crippen molar-refractivity contribution < 1.29 is 13.9 Å². The van der Waals surface area contributed by atoms with E-state index in [0.717, 1.165) is 38.9 Å². The Bertz CT molecular complexity index is 1950. The molecule has 6 rings (SSSR count). The van der Waals surface area contributed by atoms with Crippen molar-refractivity contribution in [2.45, 2.75) is 20.3 Å². The molecule has 0 aliphatic rings. The highest BCUT2D eigenvalue weighted by Crippen LogP contribution is 2.33. The van der Waals surface area contributed by atoms with Crippen molar-refractivity contribution in [2.24, 2.45) is 4.99 Å². The molecule has 0 atom stereocenters. The minimum atomic E-state index is -0.346. The molecule has 1 N–H and O–H groups in total. The van der Waals surface area contributed by atoms with Gasteiger partial charge in [0.05, 0.1) is 18.5 Å². The van der Waals surface area contributed by atoms with E-state index in [1.165, 1.54) is 16.7 Å². The summed E-state index contributed by atoms with van der Waals surface area (Å²) < 4.78 is 11.7. The predicted octanol–water partition coefficient (Wildman–Crippen LogP) is 8.07. The molecule has 0 radical (unpaired) electrons. The van der Waals surface area contributed by atoms with Crippen LogP contribution in [0.1, 0.15) is 27.7 Å². The van der Waals surface area contributed by atoms with Crippen molar-refractivity contribution in [1.29, 1.82) is 0 Å². The lowest BCUT2D eigenvalue weighted by molar-refractivity contribution is 0.102. The number of hydrogen-bond donors (Lipinski definition) is 1. The number of thiazole rings is 1. The molecular formula is C33H27N3O3S. The van der Waals surface area contributed by atoms with Crippen molar-refractivity contribution >= 4 is 49.8 Å². The van der Waals surface area contributed by atoms with E-state index in [1.54, 1.807) is 13.2 Å². The first-order valence-corrected chi connectivity index (χ1v) is 13.9. The molecule has 198 valence electrons. The summed E-state index contributed by atoms with van der Waals surface area (Å²) in [6.45, 7) is 4.09. The molecule has 0 spiro atoms. The largest absolute Gasteiger partial charge is 0.493 e. The Kier molecular flexibility index (Phi) is 6.88. The smallest absolute Gasteiger partial charge is 0.262 e. The molecule has 0 aliphatic heterocycles. The molecule has 6 nitrogen and oxygen atoms in total. The average Bonchev–Trinajstić information content (AvgIpc) is 3.39. The lowest BCUT2D eigenvalue weighted by atomic mass is 10.0. The van der Waals surface area contributed by atoms with Crippen LogP contribution in [-0.2, 0) is 6.42 Å². The summed E-state index contributed by atoms with van der Waals surface area (Å²) in [5.74, 6) is 0.221. The van der Waals surface area contributed by atoms with E-state index in [9.17, 15) is 4.79 Å². The van der Waals surface area contributed by atoms with Crippen LogP contribution in [0.25, 0.3) is 33.0 Å². The van der Waals surface area contributed by atoms with Crippen LogP contribution < -0.4 is 15.6 Å². The molecule has 2 heterocycles. The molecule has 6 aromatic rings. The van der Waals surface area contributed by atoms with E-state index in [2.05, 4.69) is 42.6 Å². The number of aryl methyl sites for hydroxylation is 2. The number of ether oxygens (including phenoxy) is 1. The van der Waals surface area contributed by atoms with Crippen molar-refractivity contribution in [1.82, 2.24) is 4.98 Å². The Morgan fingerprint density at radius 3 is 2.55 bits per heavy atom. The Morgan fingerprint density at radius 1 is 0.950 bits per heavy atom. The summed E-state index contributed by atoms with van der Waals surface area (Å²) in [7, 11) is 1.59. The molecule has 0 bridgehead atoms. The summed E-state index contributed by atoms with van der Waals surface area (Å²) in [5, 5.41) is 6.59. The zero-order chi connectivity index (χ0) is 27.6. The number of methoxy groups -OCH3 is 1. The Hall–Kier alpha value is -4.75. The Balaban J connectivity index is 1.42. The molecule has 7 heteroatoms. The minimum absolute atomic E-state index is 0.196. The summed E-state index contributed by atoms with van der Waals surface area (Å²) in [6, 6.07) is 29.6. The summed E-state index contributed by atoms with van der Waals surface area (Å²) >= 11 is 1.48. The summed E-state index contributed by atoms with van der Waals surface area (Å²) in [4.78, 5) is 24.4. The first-order chi connectivity index (χ1) is 19.5. The van der Waals surface area contributed by atoms with Crippen LogP contribution in [0.3, 0.4) is 0 Å². The van der Waals surface area contributed by atoms with Gasteiger partial charge in [-0.25, -0.2) is 9.98 Å². The van der Waals surface area contributed by atoms with Gasteiger partial charge in [-0.1, -0.05) is 67.6 Å². The van der Waals surface area contributed by atoms with Gasteiger partial charge in [0.25, 0.3) is 5.91 Å². The monoisotopic (exact) mass is 545 g/mol. The normalized spacial score (nSPS) is 11.7. The van der Waals surface area contributed by atoms with Crippen LogP contribution in [0, 0.1) is 6.92 Å². The first-order valence-electron chi connectivity index (χ1n) is 13.0. The van der Waals surface area contributed by atoms with Crippen molar-refractivity contribution in [3.8, 4) is 17.0 Å². The Labute approximate surface area is 235 Å². The number of rotatable bonds is 6. The molecule has 0 fully saturated rings. The molecule has 0 unspecified atom stereocenters. The van der Waals surface area contributed by atoms with Crippen LogP contribution in [0.15, 0.2) is 100 Å². The maximum Gasteiger partial charge on any atom is 0.262 e. The number of anilines is 1. The molecule has 0 saturated heterocycles. The highest BCUT2D eigenvalue weighted by Gasteiger charge is 2.19. The molecular weight excluding hydrogens is 518 g/mol. The van der Waals surface area contributed by atoms with Crippen LogP contribution in [0.5, 0.6) is 5.75 Å². The molecule has 0 saturated carbocycles. The van der Waals surface area contributed by atoms with E-state index in [1.807, 2.05) is 61.5 Å². The fourth-order valence-electron chi connectivity index (χ4n) is 4.72. The van der Waals surface area contributed by atoms with Gasteiger partial charge in [-0.15, -0.1) is 11.3 Å². The van der Waals surface area contributed by atoms with E-state index < -0.39 is 0 Å². The number of amides is 1. The SMILES string of the molecule is CCc1sc(NC(=O)c2cc3cccc(OC)c3oc2=Nc2cccc(C)c2)nc1-c1ccc2ccccc2c1. The van der Waals surface area contributed by atoms with Crippen LogP contribution in [0.4, 0.5) is 10.8 Å². The number of carbonyl (C=O) groups is 1. The first kappa shape index (κ1) is 25.5. The average molecular weight is 546 g/mol. The van der Waals surface area contributed by atoms with Gasteiger partial charge in [0.2, 0.25) is 5.55 Å². The van der Waals surface area contributed by atoms with E-state index >= 15 is 0 Å². The fraction of sp³-hybridized carbons (Fsp3) is 0.121. The van der Waals surface area contributed by atoms with Gasteiger partial charge in [-0.05, 0) is 60.0 Å². The standard InChI is InChI=1S/C33H27N3O3S/c1-4-28-29(23-16-15-21-10-5-6-11-22(21)18-23)35-33(40-28)36-31(37)26-19-24-12-8-14-27(38-3)30(24)39-32(26)34-25-13-7-9-20(2)17-25/h5-19H,4H2,1-3H3,(H,35,36,37). The van der Waals surface area contributed by atoms with Crippen molar-refractivity contribution in [3.63, 3.8) is 0 Å². The Morgan fingerprint density at radius 2 is 1.75 bits per heavy atom. The van der Waals surface area contributed by atoms with Gasteiger partial charge in [0.15, 0.2) is 16.5 Å². The zero-order valence-electron chi connectivity index (χ0n) is 22.4. The second-order valence-corrected chi connectivity index (χ2v) is 10.5. The number of fused-ring (bicyclic) bond motifs is 2. The topological polar surface area (TPSA) is 76.7 Å². The van der Waals surface area contributed by atoms with Crippen LogP contribution in [0.2, 0.25) is 0 Å². The van der Waals surface area contributed by atoms with E-state index in [4.69, 9.17) is 19.1 Å². The van der Waals surface area contributed by atoms with Gasteiger partial charge in [-0.3, -0.25) is 10.1 Å². The van der Waals surface area contributed by atoms with Crippen LogP contribution in [-0.4, -0.2) is 18.0 Å².